The van der Waals surface area contributed by atoms with E-state index in [2.05, 4.69) is 53.6 Å². The summed E-state index contributed by atoms with van der Waals surface area (Å²) in [4.78, 5) is 34.5. The Labute approximate surface area is 243 Å². The number of hydrogen-bond donors (Lipinski definition) is 0. The number of anilines is 1. The molecule has 0 saturated carbocycles. The Balaban J connectivity index is 1.68. The number of carbonyl (C=O) groups excluding carboxylic acids is 1. The van der Waals surface area contributed by atoms with E-state index in [4.69, 9.17) is 14.5 Å². The molecular formula is C32H34N4O4S. The molecule has 1 aliphatic heterocycles. The number of rotatable bonds is 7. The lowest BCUT2D eigenvalue weighted by Crippen LogP contribution is -2.40. The molecule has 212 valence electrons. The lowest BCUT2D eigenvalue weighted by Gasteiger charge is -2.25. The van der Waals surface area contributed by atoms with Crippen molar-refractivity contribution in [2.24, 2.45) is 4.99 Å². The second kappa shape index (κ2) is 11.2. The maximum atomic E-state index is 14.1. The number of benzene rings is 2. The van der Waals surface area contributed by atoms with Gasteiger partial charge >= 0.3 is 5.97 Å². The van der Waals surface area contributed by atoms with Crippen molar-refractivity contribution in [3.63, 3.8) is 0 Å². The maximum Gasteiger partial charge on any atom is 0.338 e. The minimum absolute atomic E-state index is 0.214. The second-order valence-corrected chi connectivity index (χ2v) is 11.1. The summed E-state index contributed by atoms with van der Waals surface area (Å²) < 4.78 is 15.4. The van der Waals surface area contributed by atoms with Crippen LogP contribution in [0.25, 0.3) is 11.8 Å². The Morgan fingerprint density at radius 1 is 1.10 bits per heavy atom. The minimum atomic E-state index is -0.730. The molecule has 0 unspecified atom stereocenters. The van der Waals surface area contributed by atoms with E-state index in [0.717, 1.165) is 28.3 Å². The van der Waals surface area contributed by atoms with Crippen LogP contribution in [0, 0.1) is 13.8 Å². The fourth-order valence-corrected chi connectivity index (χ4v) is 6.39. The van der Waals surface area contributed by atoms with Crippen molar-refractivity contribution in [2.45, 2.75) is 33.7 Å². The first-order chi connectivity index (χ1) is 19.7. The number of methoxy groups -OCH3 is 1. The highest BCUT2D eigenvalue weighted by Gasteiger charge is 2.35. The first kappa shape index (κ1) is 28.2. The average Bonchev–Trinajstić information content (AvgIpc) is 3.41. The number of allylic oxidation sites excluding steroid dienone is 1. The lowest BCUT2D eigenvalue weighted by atomic mass is 9.95. The third kappa shape index (κ3) is 5.02. The molecule has 2 aromatic heterocycles. The molecular weight excluding hydrogens is 536 g/mol. The predicted octanol–water partition coefficient (Wildman–Crippen LogP) is 4.28. The van der Waals surface area contributed by atoms with Crippen LogP contribution in [0.1, 0.15) is 42.4 Å². The third-order valence-corrected chi connectivity index (χ3v) is 8.31. The van der Waals surface area contributed by atoms with E-state index < -0.39 is 12.0 Å². The highest BCUT2D eigenvalue weighted by Crippen LogP contribution is 2.35. The summed E-state index contributed by atoms with van der Waals surface area (Å²) in [5.41, 5.74) is 6.53. The van der Waals surface area contributed by atoms with E-state index in [0.29, 0.717) is 31.9 Å². The van der Waals surface area contributed by atoms with Gasteiger partial charge in [0.25, 0.3) is 5.56 Å². The zero-order valence-electron chi connectivity index (χ0n) is 24.4. The molecule has 1 aliphatic rings. The Morgan fingerprint density at radius 3 is 2.46 bits per heavy atom. The Kier molecular flexibility index (Phi) is 7.73. The molecule has 0 saturated heterocycles. The average molecular weight is 571 g/mol. The first-order valence-electron chi connectivity index (χ1n) is 13.5. The van der Waals surface area contributed by atoms with Gasteiger partial charge in [0, 0.05) is 42.4 Å². The van der Waals surface area contributed by atoms with Crippen LogP contribution in [0.15, 0.2) is 75.7 Å². The largest absolute Gasteiger partial charge is 0.496 e. The third-order valence-electron chi connectivity index (χ3n) is 7.33. The van der Waals surface area contributed by atoms with Crippen molar-refractivity contribution in [3.8, 4) is 11.4 Å². The fourth-order valence-electron chi connectivity index (χ4n) is 5.35. The normalized spacial score (nSPS) is 15.0. The van der Waals surface area contributed by atoms with E-state index in [-0.39, 0.29) is 12.2 Å². The summed E-state index contributed by atoms with van der Waals surface area (Å²) in [6.45, 7) is 7.86. The van der Waals surface area contributed by atoms with Crippen LogP contribution in [-0.4, -0.2) is 42.9 Å². The van der Waals surface area contributed by atoms with Gasteiger partial charge in [0.2, 0.25) is 0 Å². The number of aromatic nitrogens is 2. The van der Waals surface area contributed by atoms with Gasteiger partial charge in [0.05, 0.1) is 29.5 Å². The number of esters is 1. The second-order valence-electron chi connectivity index (χ2n) is 10.1. The number of thiazole rings is 1. The summed E-state index contributed by atoms with van der Waals surface area (Å²) in [5.74, 6) is 0.0789. The van der Waals surface area contributed by atoms with Crippen LogP contribution in [0.4, 0.5) is 5.69 Å². The molecule has 0 radical (unpaired) electrons. The summed E-state index contributed by atoms with van der Waals surface area (Å²) in [6, 6.07) is 17.1. The van der Waals surface area contributed by atoms with Gasteiger partial charge in [-0.05, 0) is 75.7 Å². The topological polar surface area (TPSA) is 78.1 Å². The molecule has 8 nitrogen and oxygen atoms in total. The van der Waals surface area contributed by atoms with E-state index in [1.807, 2.05) is 44.4 Å². The molecule has 3 heterocycles. The maximum absolute atomic E-state index is 14.1. The SMILES string of the molecule is CCOC(=O)C1=C(C)N=c2s/c(=C/c3cc(C)n(-c4ccc(N(C)C)cc4)c3C)c(=O)n2[C@@H]1c1ccccc1OC. The molecule has 0 N–H and O–H groups in total. The van der Waals surface area contributed by atoms with Crippen molar-refractivity contribution in [3.05, 3.63) is 108 Å². The molecule has 2 aromatic carbocycles. The van der Waals surface area contributed by atoms with Gasteiger partial charge in [0.1, 0.15) is 11.8 Å². The highest BCUT2D eigenvalue weighted by molar-refractivity contribution is 7.07. The van der Waals surface area contributed by atoms with Crippen molar-refractivity contribution in [1.82, 2.24) is 9.13 Å². The number of hydrogen-bond acceptors (Lipinski definition) is 7. The minimum Gasteiger partial charge on any atom is -0.496 e. The number of para-hydroxylation sites is 1. The number of aryl methyl sites for hydroxylation is 1. The standard InChI is InChI=1S/C32H34N4O4S/c1-8-40-31(38)28-20(3)33-32-36(29(28)25-11-9-10-12-26(25)39-7)30(37)27(41-32)18-22-17-19(2)35(21(22)4)24-15-13-23(14-16-24)34(5)6/h9-18,29H,8H2,1-7H3/b27-18+/t29-/m1/s1. The molecule has 0 bridgehead atoms. The van der Waals surface area contributed by atoms with Crippen LogP contribution in [0.3, 0.4) is 0 Å². The smallest absolute Gasteiger partial charge is 0.338 e. The van der Waals surface area contributed by atoms with Crippen molar-refractivity contribution < 1.29 is 14.3 Å². The number of fused-ring (bicyclic) bond motifs is 1. The van der Waals surface area contributed by atoms with Crippen molar-refractivity contribution in [2.75, 3.05) is 32.7 Å². The van der Waals surface area contributed by atoms with Gasteiger partial charge in [0.15, 0.2) is 4.80 Å². The molecule has 4 aromatic rings. The van der Waals surface area contributed by atoms with Gasteiger partial charge < -0.3 is 18.9 Å². The molecule has 0 amide bonds. The lowest BCUT2D eigenvalue weighted by molar-refractivity contribution is -0.139. The molecule has 0 aliphatic carbocycles. The summed E-state index contributed by atoms with van der Waals surface area (Å²) >= 11 is 1.31. The van der Waals surface area contributed by atoms with Crippen molar-refractivity contribution in [1.29, 1.82) is 0 Å². The van der Waals surface area contributed by atoms with Crippen LogP contribution in [-0.2, 0) is 9.53 Å². The number of ether oxygens (including phenoxy) is 2. The summed E-state index contributed by atoms with van der Waals surface area (Å²) in [7, 11) is 5.61. The van der Waals surface area contributed by atoms with Gasteiger partial charge in [-0.3, -0.25) is 9.36 Å². The Hall–Kier alpha value is -4.37. The predicted molar refractivity (Wildman–Crippen MR) is 163 cm³/mol. The molecule has 1 atom stereocenters. The molecule has 0 spiro atoms. The first-order valence-corrected chi connectivity index (χ1v) is 14.3. The van der Waals surface area contributed by atoms with Gasteiger partial charge in [-0.15, -0.1) is 0 Å². The number of carbonyl (C=O) groups is 1. The summed E-state index contributed by atoms with van der Waals surface area (Å²) in [5, 5.41) is 0. The van der Waals surface area contributed by atoms with E-state index in [1.165, 1.54) is 11.3 Å². The van der Waals surface area contributed by atoms with E-state index in [1.54, 1.807) is 25.5 Å². The molecule has 41 heavy (non-hydrogen) atoms. The monoisotopic (exact) mass is 570 g/mol. The van der Waals surface area contributed by atoms with Crippen LogP contribution in [0.5, 0.6) is 5.75 Å². The fraction of sp³-hybridized carbons (Fsp3) is 0.281. The van der Waals surface area contributed by atoms with Gasteiger partial charge in [-0.2, -0.15) is 0 Å². The van der Waals surface area contributed by atoms with Crippen LogP contribution >= 0.6 is 11.3 Å². The van der Waals surface area contributed by atoms with Crippen LogP contribution < -0.4 is 24.5 Å². The number of nitrogens with zero attached hydrogens (tertiary/aromatic N) is 4. The molecule has 0 fully saturated rings. The van der Waals surface area contributed by atoms with E-state index in [9.17, 15) is 9.59 Å². The van der Waals surface area contributed by atoms with E-state index >= 15 is 0 Å². The zero-order valence-corrected chi connectivity index (χ0v) is 25.2. The van der Waals surface area contributed by atoms with Gasteiger partial charge in [-0.25, -0.2) is 9.79 Å². The summed E-state index contributed by atoms with van der Waals surface area (Å²) in [6.07, 6.45) is 1.92. The quantitative estimate of drug-likeness (QED) is 0.310. The molecule has 5 rings (SSSR count). The molecule has 9 heteroatoms. The Bertz CT molecular complexity index is 1840. The highest BCUT2D eigenvalue weighted by atomic mass is 32.1. The van der Waals surface area contributed by atoms with Gasteiger partial charge in [-0.1, -0.05) is 29.5 Å². The van der Waals surface area contributed by atoms with Crippen molar-refractivity contribution >= 4 is 29.1 Å². The van der Waals surface area contributed by atoms with Crippen LogP contribution in [0.2, 0.25) is 0 Å². The zero-order chi connectivity index (χ0) is 29.4. The Morgan fingerprint density at radius 2 is 1.80 bits per heavy atom.